The number of rotatable bonds is 2. The van der Waals surface area contributed by atoms with Gasteiger partial charge in [0.1, 0.15) is 0 Å². The number of likely N-dealkylation sites (N-methyl/N-ethyl adjacent to an activating group) is 1. The molecule has 1 aromatic rings. The minimum Gasteiger partial charge on any atom is -0.304 e. The SMILES string of the molecule is CN1CCN(CC2Cc3ccccc3S2)CC1. The molecule has 0 N–H and O–H groups in total. The first kappa shape index (κ1) is 11.6. The van der Waals surface area contributed by atoms with Crippen molar-refractivity contribution in [3.05, 3.63) is 29.8 Å². The van der Waals surface area contributed by atoms with Crippen LogP contribution in [0.25, 0.3) is 0 Å². The Labute approximate surface area is 108 Å². The molecule has 1 unspecified atom stereocenters. The van der Waals surface area contributed by atoms with Crippen LogP contribution in [-0.2, 0) is 6.42 Å². The molecule has 0 saturated carbocycles. The molecule has 2 aliphatic heterocycles. The summed E-state index contributed by atoms with van der Waals surface area (Å²) in [5.41, 5.74) is 1.55. The highest BCUT2D eigenvalue weighted by molar-refractivity contribution is 8.00. The Morgan fingerprint density at radius 1 is 1.18 bits per heavy atom. The van der Waals surface area contributed by atoms with E-state index >= 15 is 0 Å². The minimum absolute atomic E-state index is 0.774. The standard InChI is InChI=1S/C14H20N2S/c1-15-6-8-16(9-7-15)11-13-10-12-4-2-3-5-14(12)17-13/h2-5,13H,6-11H2,1H3. The summed E-state index contributed by atoms with van der Waals surface area (Å²) in [6.07, 6.45) is 1.26. The highest BCUT2D eigenvalue weighted by Gasteiger charge is 2.25. The van der Waals surface area contributed by atoms with Gasteiger partial charge < -0.3 is 4.90 Å². The topological polar surface area (TPSA) is 6.48 Å². The second-order valence-electron chi connectivity index (χ2n) is 5.16. The molecule has 0 aliphatic carbocycles. The fourth-order valence-electron chi connectivity index (χ4n) is 2.67. The number of hydrogen-bond acceptors (Lipinski definition) is 3. The first-order valence-corrected chi connectivity index (χ1v) is 7.35. The van der Waals surface area contributed by atoms with Crippen LogP contribution in [0, 0.1) is 0 Å². The van der Waals surface area contributed by atoms with Crippen molar-refractivity contribution in [2.24, 2.45) is 0 Å². The van der Waals surface area contributed by atoms with E-state index in [2.05, 4.69) is 52.9 Å². The average molecular weight is 248 g/mol. The Kier molecular flexibility index (Phi) is 3.41. The fraction of sp³-hybridized carbons (Fsp3) is 0.571. The van der Waals surface area contributed by atoms with Gasteiger partial charge in [-0.3, -0.25) is 4.90 Å². The van der Waals surface area contributed by atoms with Crippen LogP contribution in [0.3, 0.4) is 0 Å². The van der Waals surface area contributed by atoms with Crippen LogP contribution in [0.4, 0.5) is 0 Å². The summed E-state index contributed by atoms with van der Waals surface area (Å²) in [5.74, 6) is 0. The molecule has 17 heavy (non-hydrogen) atoms. The van der Waals surface area contributed by atoms with Crippen molar-refractivity contribution in [1.29, 1.82) is 0 Å². The van der Waals surface area contributed by atoms with Gasteiger partial charge in [-0.1, -0.05) is 18.2 Å². The second kappa shape index (κ2) is 5.01. The molecule has 1 saturated heterocycles. The summed E-state index contributed by atoms with van der Waals surface area (Å²) in [7, 11) is 2.22. The Bertz CT molecular complexity index is 361. The van der Waals surface area contributed by atoms with Gasteiger partial charge in [-0.15, -0.1) is 11.8 Å². The molecule has 1 atom stereocenters. The summed E-state index contributed by atoms with van der Waals surface area (Å²) in [6, 6.07) is 8.87. The average Bonchev–Trinajstić information content (AvgIpc) is 2.74. The van der Waals surface area contributed by atoms with Crippen LogP contribution in [-0.4, -0.2) is 54.8 Å². The monoisotopic (exact) mass is 248 g/mol. The molecule has 92 valence electrons. The number of benzene rings is 1. The van der Waals surface area contributed by atoms with Crippen molar-refractivity contribution >= 4 is 11.8 Å². The lowest BCUT2D eigenvalue weighted by Gasteiger charge is -2.33. The summed E-state index contributed by atoms with van der Waals surface area (Å²) in [6.45, 7) is 6.19. The molecule has 3 heteroatoms. The lowest BCUT2D eigenvalue weighted by molar-refractivity contribution is 0.155. The van der Waals surface area contributed by atoms with Gasteiger partial charge in [0.15, 0.2) is 0 Å². The van der Waals surface area contributed by atoms with Gasteiger partial charge in [0.25, 0.3) is 0 Å². The van der Waals surface area contributed by atoms with Crippen LogP contribution in [0.5, 0.6) is 0 Å². The van der Waals surface area contributed by atoms with E-state index in [4.69, 9.17) is 0 Å². The first-order valence-electron chi connectivity index (χ1n) is 6.47. The molecular formula is C14H20N2S. The number of fused-ring (bicyclic) bond motifs is 1. The molecule has 3 rings (SSSR count). The van der Waals surface area contributed by atoms with Crippen molar-refractivity contribution in [3.8, 4) is 0 Å². The number of hydrogen-bond donors (Lipinski definition) is 0. The van der Waals surface area contributed by atoms with Gasteiger partial charge in [-0.25, -0.2) is 0 Å². The van der Waals surface area contributed by atoms with Gasteiger partial charge in [-0.05, 0) is 25.1 Å². The molecular weight excluding hydrogens is 228 g/mol. The third-order valence-corrected chi connectivity index (χ3v) is 5.07. The maximum absolute atomic E-state index is 2.63. The normalized spacial score (nSPS) is 26.1. The third-order valence-electron chi connectivity index (χ3n) is 3.77. The summed E-state index contributed by atoms with van der Waals surface area (Å²) >= 11 is 2.08. The summed E-state index contributed by atoms with van der Waals surface area (Å²) in [5, 5.41) is 0.774. The smallest absolute Gasteiger partial charge is 0.0263 e. The molecule has 1 aromatic carbocycles. The maximum Gasteiger partial charge on any atom is 0.0263 e. The molecule has 2 nitrogen and oxygen atoms in total. The van der Waals surface area contributed by atoms with E-state index < -0.39 is 0 Å². The maximum atomic E-state index is 2.63. The Morgan fingerprint density at radius 2 is 1.94 bits per heavy atom. The number of thioether (sulfide) groups is 1. The highest BCUT2D eigenvalue weighted by Crippen LogP contribution is 2.37. The van der Waals surface area contributed by atoms with Crippen molar-refractivity contribution < 1.29 is 0 Å². The number of nitrogens with zero attached hydrogens (tertiary/aromatic N) is 2. The van der Waals surface area contributed by atoms with Crippen LogP contribution < -0.4 is 0 Å². The molecule has 0 radical (unpaired) electrons. The molecule has 2 aliphatic rings. The zero-order valence-corrected chi connectivity index (χ0v) is 11.2. The highest BCUT2D eigenvalue weighted by atomic mass is 32.2. The molecule has 2 heterocycles. The third kappa shape index (κ3) is 2.67. The van der Waals surface area contributed by atoms with Gasteiger partial charge >= 0.3 is 0 Å². The molecule has 0 bridgehead atoms. The Hall–Kier alpha value is -0.510. The summed E-state index contributed by atoms with van der Waals surface area (Å²) < 4.78 is 0. The van der Waals surface area contributed by atoms with E-state index in [0.717, 1.165) is 5.25 Å². The molecule has 0 amide bonds. The Balaban J connectivity index is 1.55. The first-order chi connectivity index (χ1) is 8.31. The Morgan fingerprint density at radius 3 is 2.71 bits per heavy atom. The van der Waals surface area contributed by atoms with E-state index in [9.17, 15) is 0 Å². The minimum atomic E-state index is 0.774. The van der Waals surface area contributed by atoms with E-state index in [1.54, 1.807) is 5.56 Å². The van der Waals surface area contributed by atoms with Gasteiger partial charge in [-0.2, -0.15) is 0 Å². The van der Waals surface area contributed by atoms with Crippen molar-refractivity contribution in [2.75, 3.05) is 39.8 Å². The van der Waals surface area contributed by atoms with Crippen molar-refractivity contribution in [3.63, 3.8) is 0 Å². The van der Waals surface area contributed by atoms with E-state index in [0.29, 0.717) is 0 Å². The quantitative estimate of drug-likeness (QED) is 0.790. The predicted octanol–water partition coefficient (Wildman–Crippen LogP) is 1.95. The van der Waals surface area contributed by atoms with Gasteiger partial charge in [0, 0.05) is 42.9 Å². The lowest BCUT2D eigenvalue weighted by Crippen LogP contribution is -2.46. The molecule has 0 spiro atoms. The van der Waals surface area contributed by atoms with E-state index in [-0.39, 0.29) is 0 Å². The second-order valence-corrected chi connectivity index (χ2v) is 6.50. The molecule has 1 fully saturated rings. The van der Waals surface area contributed by atoms with Gasteiger partial charge in [0.2, 0.25) is 0 Å². The fourth-order valence-corrected chi connectivity index (χ4v) is 4.04. The zero-order valence-electron chi connectivity index (χ0n) is 10.4. The van der Waals surface area contributed by atoms with Crippen LogP contribution in [0.2, 0.25) is 0 Å². The predicted molar refractivity (Wildman–Crippen MR) is 73.7 cm³/mol. The zero-order chi connectivity index (χ0) is 11.7. The lowest BCUT2D eigenvalue weighted by atomic mass is 10.1. The van der Waals surface area contributed by atoms with E-state index in [1.807, 2.05) is 0 Å². The largest absolute Gasteiger partial charge is 0.304 e. The van der Waals surface area contributed by atoms with Gasteiger partial charge in [0.05, 0.1) is 0 Å². The van der Waals surface area contributed by atoms with Crippen LogP contribution >= 0.6 is 11.8 Å². The van der Waals surface area contributed by atoms with E-state index in [1.165, 1.54) is 44.0 Å². The van der Waals surface area contributed by atoms with Crippen LogP contribution in [0.1, 0.15) is 5.56 Å². The van der Waals surface area contributed by atoms with Crippen molar-refractivity contribution in [2.45, 2.75) is 16.6 Å². The summed E-state index contributed by atoms with van der Waals surface area (Å²) in [4.78, 5) is 6.56. The number of piperazine rings is 1. The van der Waals surface area contributed by atoms with Crippen LogP contribution in [0.15, 0.2) is 29.2 Å². The van der Waals surface area contributed by atoms with Crippen molar-refractivity contribution in [1.82, 2.24) is 9.80 Å². The molecule has 0 aromatic heterocycles.